The van der Waals surface area contributed by atoms with Crippen molar-refractivity contribution < 1.29 is 9.18 Å². The summed E-state index contributed by atoms with van der Waals surface area (Å²) < 4.78 is 14.3. The van der Waals surface area contributed by atoms with E-state index in [4.69, 9.17) is 5.26 Å². The first-order valence-corrected chi connectivity index (χ1v) is 6.47. The van der Waals surface area contributed by atoms with E-state index in [0.717, 1.165) is 0 Å². The standard InChI is InChI=1S/C15H13FN4O/c1-7-11(6-17)19-20-12(7)8-4-9-13(10(16)5-8)18-14(21)15(9,2)3/h4-5H,1-3H3,(H,18,21)(H,19,20). The number of nitriles is 1. The Bertz CT molecular complexity index is 814. The van der Waals surface area contributed by atoms with Gasteiger partial charge in [-0.05, 0) is 38.5 Å². The van der Waals surface area contributed by atoms with Gasteiger partial charge in [0.1, 0.15) is 11.9 Å². The smallest absolute Gasteiger partial charge is 0.234 e. The van der Waals surface area contributed by atoms with Crippen molar-refractivity contribution in [2.45, 2.75) is 26.2 Å². The van der Waals surface area contributed by atoms with Crippen LogP contribution in [0.5, 0.6) is 0 Å². The van der Waals surface area contributed by atoms with Gasteiger partial charge >= 0.3 is 0 Å². The second-order valence-electron chi connectivity index (χ2n) is 5.64. The van der Waals surface area contributed by atoms with Gasteiger partial charge in [-0.2, -0.15) is 10.4 Å². The molecule has 0 bridgehead atoms. The van der Waals surface area contributed by atoms with E-state index < -0.39 is 11.2 Å². The van der Waals surface area contributed by atoms with Crippen molar-refractivity contribution in [2.24, 2.45) is 0 Å². The Morgan fingerprint density at radius 3 is 2.71 bits per heavy atom. The summed E-state index contributed by atoms with van der Waals surface area (Å²) in [7, 11) is 0. The molecule has 1 amide bonds. The van der Waals surface area contributed by atoms with Crippen molar-refractivity contribution in [3.05, 3.63) is 34.8 Å². The fourth-order valence-corrected chi connectivity index (χ4v) is 2.55. The van der Waals surface area contributed by atoms with E-state index in [1.165, 1.54) is 6.07 Å². The number of rotatable bonds is 1. The highest BCUT2D eigenvalue weighted by molar-refractivity contribution is 6.06. The zero-order valence-corrected chi connectivity index (χ0v) is 11.8. The predicted octanol–water partition coefficient (Wildman–Crippen LogP) is 2.63. The molecule has 2 N–H and O–H groups in total. The molecule has 0 fully saturated rings. The van der Waals surface area contributed by atoms with Gasteiger partial charge in [0.2, 0.25) is 5.91 Å². The summed E-state index contributed by atoms with van der Waals surface area (Å²) in [5, 5.41) is 18.2. The van der Waals surface area contributed by atoms with Gasteiger partial charge in [0.15, 0.2) is 5.69 Å². The maximum absolute atomic E-state index is 14.3. The van der Waals surface area contributed by atoms with E-state index in [1.54, 1.807) is 26.8 Å². The number of benzene rings is 1. The number of nitrogens with zero attached hydrogens (tertiary/aromatic N) is 2. The van der Waals surface area contributed by atoms with Crippen LogP contribution in [0.4, 0.5) is 10.1 Å². The molecule has 1 aromatic heterocycles. The van der Waals surface area contributed by atoms with Crippen LogP contribution in [0.2, 0.25) is 0 Å². The Labute approximate surface area is 120 Å². The lowest BCUT2D eigenvalue weighted by Crippen LogP contribution is -2.26. The lowest BCUT2D eigenvalue weighted by atomic mass is 9.85. The topological polar surface area (TPSA) is 81.6 Å². The molecule has 0 radical (unpaired) electrons. The first kappa shape index (κ1) is 13.3. The van der Waals surface area contributed by atoms with E-state index >= 15 is 0 Å². The second kappa shape index (κ2) is 4.16. The van der Waals surface area contributed by atoms with Gasteiger partial charge in [0.25, 0.3) is 0 Å². The van der Waals surface area contributed by atoms with E-state index in [-0.39, 0.29) is 17.3 Å². The summed E-state index contributed by atoms with van der Waals surface area (Å²) in [6.45, 7) is 5.24. The third-order valence-corrected chi connectivity index (χ3v) is 3.97. The van der Waals surface area contributed by atoms with Crippen LogP contribution in [-0.4, -0.2) is 16.1 Å². The number of H-pyrrole nitrogens is 1. The quantitative estimate of drug-likeness (QED) is 0.844. The Balaban J connectivity index is 2.22. The molecule has 106 valence electrons. The van der Waals surface area contributed by atoms with Crippen molar-refractivity contribution in [1.82, 2.24) is 10.2 Å². The molecule has 21 heavy (non-hydrogen) atoms. The number of carbonyl (C=O) groups is 1. The monoisotopic (exact) mass is 284 g/mol. The third kappa shape index (κ3) is 1.74. The number of amides is 1. The van der Waals surface area contributed by atoms with Crippen LogP contribution < -0.4 is 5.32 Å². The highest BCUT2D eigenvalue weighted by Gasteiger charge is 2.40. The Morgan fingerprint density at radius 1 is 1.38 bits per heavy atom. The van der Waals surface area contributed by atoms with Crippen molar-refractivity contribution in [3.63, 3.8) is 0 Å². The number of fused-ring (bicyclic) bond motifs is 1. The number of halogens is 1. The van der Waals surface area contributed by atoms with Gasteiger partial charge in [-0.1, -0.05) is 0 Å². The maximum Gasteiger partial charge on any atom is 0.234 e. The molecular weight excluding hydrogens is 271 g/mol. The molecule has 0 saturated carbocycles. The van der Waals surface area contributed by atoms with Gasteiger partial charge in [-0.3, -0.25) is 9.89 Å². The molecule has 0 aliphatic carbocycles. The summed E-state index contributed by atoms with van der Waals surface area (Å²) >= 11 is 0. The molecule has 1 aliphatic heterocycles. The molecule has 0 unspecified atom stereocenters. The molecule has 0 saturated heterocycles. The number of aromatic nitrogens is 2. The highest BCUT2D eigenvalue weighted by Crippen LogP contribution is 2.41. The molecule has 3 rings (SSSR count). The maximum atomic E-state index is 14.3. The van der Waals surface area contributed by atoms with Crippen LogP contribution in [-0.2, 0) is 10.2 Å². The van der Waals surface area contributed by atoms with Crippen LogP contribution in [0.25, 0.3) is 11.3 Å². The number of hydrogen-bond donors (Lipinski definition) is 2. The van der Waals surface area contributed by atoms with Crippen molar-refractivity contribution in [2.75, 3.05) is 5.32 Å². The Kier molecular flexibility index (Phi) is 2.63. The van der Waals surface area contributed by atoms with Gasteiger partial charge < -0.3 is 5.32 Å². The number of anilines is 1. The molecule has 0 spiro atoms. The molecule has 1 aliphatic rings. The Morgan fingerprint density at radius 2 is 2.10 bits per heavy atom. The molecule has 1 aromatic carbocycles. The van der Waals surface area contributed by atoms with Crippen LogP contribution >= 0.6 is 0 Å². The minimum absolute atomic E-state index is 0.228. The van der Waals surface area contributed by atoms with E-state index in [2.05, 4.69) is 15.5 Å². The summed E-state index contributed by atoms with van der Waals surface area (Å²) in [5.41, 5.74) is 2.14. The normalized spacial score (nSPS) is 15.5. The van der Waals surface area contributed by atoms with Crippen LogP contribution in [0.15, 0.2) is 12.1 Å². The minimum Gasteiger partial charge on any atom is -0.323 e. The lowest BCUT2D eigenvalue weighted by molar-refractivity contribution is -0.119. The first-order chi connectivity index (χ1) is 9.86. The average molecular weight is 284 g/mol. The minimum atomic E-state index is -0.793. The summed E-state index contributed by atoms with van der Waals surface area (Å²) in [4.78, 5) is 11.9. The van der Waals surface area contributed by atoms with Crippen LogP contribution in [0.3, 0.4) is 0 Å². The third-order valence-electron chi connectivity index (χ3n) is 3.97. The van der Waals surface area contributed by atoms with E-state index in [0.29, 0.717) is 22.4 Å². The van der Waals surface area contributed by atoms with Crippen molar-refractivity contribution in [1.29, 1.82) is 5.26 Å². The number of nitrogens with one attached hydrogen (secondary N) is 2. The lowest BCUT2D eigenvalue weighted by Gasteiger charge is -2.16. The highest BCUT2D eigenvalue weighted by atomic mass is 19.1. The molecule has 0 atom stereocenters. The summed E-state index contributed by atoms with van der Waals surface area (Å²) in [5.74, 6) is -0.721. The largest absolute Gasteiger partial charge is 0.323 e. The predicted molar refractivity (Wildman–Crippen MR) is 75.1 cm³/mol. The summed E-state index contributed by atoms with van der Waals surface area (Å²) in [6.07, 6.45) is 0. The van der Waals surface area contributed by atoms with Crippen molar-refractivity contribution in [3.8, 4) is 17.3 Å². The van der Waals surface area contributed by atoms with Gasteiger partial charge in [0.05, 0.1) is 16.8 Å². The average Bonchev–Trinajstić information content (AvgIpc) is 2.90. The zero-order valence-electron chi connectivity index (χ0n) is 11.8. The summed E-state index contributed by atoms with van der Waals surface area (Å²) in [6, 6.07) is 5.07. The molecule has 6 heteroatoms. The Hall–Kier alpha value is -2.68. The molecule has 2 heterocycles. The fraction of sp³-hybridized carbons (Fsp3) is 0.267. The van der Waals surface area contributed by atoms with E-state index in [9.17, 15) is 9.18 Å². The number of hydrogen-bond acceptors (Lipinski definition) is 3. The van der Waals surface area contributed by atoms with Crippen LogP contribution in [0.1, 0.15) is 30.7 Å². The molecular formula is C15H13FN4O. The fourth-order valence-electron chi connectivity index (χ4n) is 2.55. The number of carbonyl (C=O) groups excluding carboxylic acids is 1. The second-order valence-corrected chi connectivity index (χ2v) is 5.64. The first-order valence-electron chi connectivity index (χ1n) is 6.47. The van der Waals surface area contributed by atoms with Crippen molar-refractivity contribution >= 4 is 11.6 Å². The van der Waals surface area contributed by atoms with Gasteiger partial charge in [-0.15, -0.1) is 0 Å². The SMILES string of the molecule is Cc1c(C#N)n[nH]c1-c1cc(F)c2c(c1)C(C)(C)C(=O)N2. The van der Waals surface area contributed by atoms with Crippen LogP contribution in [0, 0.1) is 24.1 Å². The van der Waals surface area contributed by atoms with Gasteiger partial charge in [-0.25, -0.2) is 4.39 Å². The van der Waals surface area contributed by atoms with Gasteiger partial charge in [0, 0.05) is 11.1 Å². The van der Waals surface area contributed by atoms with E-state index in [1.807, 2.05) is 6.07 Å². The molecule has 2 aromatic rings. The zero-order chi connectivity index (χ0) is 15.4. The molecule has 5 nitrogen and oxygen atoms in total. The number of aromatic amines is 1.